The molecule has 2 N–H and O–H groups in total. The highest BCUT2D eigenvalue weighted by atomic mass is 19.1. The van der Waals surface area contributed by atoms with Crippen molar-refractivity contribution in [2.75, 3.05) is 23.3 Å². The molecule has 7 nitrogen and oxygen atoms in total. The van der Waals surface area contributed by atoms with Crippen LogP contribution in [0, 0.1) is 11.6 Å². The normalized spacial score (nSPS) is 19.7. The molecular weight excluding hydrogens is 388 g/mol. The molecule has 30 heavy (non-hydrogen) atoms. The van der Waals surface area contributed by atoms with Crippen molar-refractivity contribution < 1.29 is 8.78 Å². The van der Waals surface area contributed by atoms with Crippen LogP contribution in [0.4, 0.5) is 25.8 Å². The van der Waals surface area contributed by atoms with Gasteiger partial charge in [0.15, 0.2) is 11.6 Å². The fourth-order valence-electron chi connectivity index (χ4n) is 4.30. The number of rotatable bonds is 3. The number of piperazine rings is 1. The molecule has 5 rings (SSSR count). The van der Waals surface area contributed by atoms with Gasteiger partial charge in [-0.15, -0.1) is 0 Å². The summed E-state index contributed by atoms with van der Waals surface area (Å²) in [6.07, 6.45) is 5.12. The predicted octanol–water partition coefficient (Wildman–Crippen LogP) is 3.43. The van der Waals surface area contributed by atoms with Gasteiger partial charge in [-0.05, 0) is 26.0 Å². The lowest BCUT2D eigenvalue weighted by molar-refractivity contribution is 0.406. The zero-order valence-corrected chi connectivity index (χ0v) is 17.0. The van der Waals surface area contributed by atoms with E-state index in [0.717, 1.165) is 18.8 Å². The third kappa shape index (κ3) is 3.24. The minimum Gasteiger partial charge on any atom is -0.367 e. The molecule has 1 aromatic carbocycles. The van der Waals surface area contributed by atoms with Gasteiger partial charge in [-0.25, -0.2) is 13.3 Å². The average Bonchev–Trinajstić information content (AvgIpc) is 3.24. The predicted molar refractivity (Wildman–Crippen MR) is 113 cm³/mol. The highest BCUT2D eigenvalue weighted by Gasteiger charge is 2.23. The van der Waals surface area contributed by atoms with Gasteiger partial charge in [0, 0.05) is 55.6 Å². The maximum atomic E-state index is 15.1. The fraction of sp³-hybridized carbons (Fsp3) is 0.333. The van der Waals surface area contributed by atoms with Gasteiger partial charge in [-0.1, -0.05) is 0 Å². The first-order chi connectivity index (χ1) is 14.4. The Bertz CT molecular complexity index is 1240. The third-order valence-electron chi connectivity index (χ3n) is 5.43. The smallest absolute Gasteiger partial charge is 0.153 e. The minimum atomic E-state index is -0.434. The molecule has 1 aliphatic rings. The Morgan fingerprint density at radius 1 is 1.07 bits per heavy atom. The van der Waals surface area contributed by atoms with Crippen molar-refractivity contribution in [3.8, 4) is 0 Å². The van der Waals surface area contributed by atoms with Crippen LogP contribution in [0.15, 0.2) is 36.8 Å². The van der Waals surface area contributed by atoms with E-state index < -0.39 is 5.82 Å². The quantitative estimate of drug-likeness (QED) is 0.541. The first-order valence-corrected chi connectivity index (χ1v) is 9.95. The number of hydrogen-bond donors (Lipinski definition) is 2. The topological polar surface area (TPSA) is 62.4 Å². The van der Waals surface area contributed by atoms with Crippen LogP contribution in [0.2, 0.25) is 0 Å². The number of aromatic nitrogens is 4. The largest absolute Gasteiger partial charge is 0.367 e. The summed E-state index contributed by atoms with van der Waals surface area (Å²) in [7, 11) is 1.74. The molecule has 156 valence electrons. The summed E-state index contributed by atoms with van der Waals surface area (Å²) in [5.41, 5.74) is 2.40. The molecule has 3 aromatic heterocycles. The first-order valence-electron chi connectivity index (χ1n) is 9.95. The van der Waals surface area contributed by atoms with Crippen LogP contribution in [-0.2, 0) is 7.05 Å². The number of anilines is 3. The number of nitrogens with zero attached hydrogens (tertiary/aromatic N) is 5. The van der Waals surface area contributed by atoms with Crippen molar-refractivity contribution in [1.29, 1.82) is 0 Å². The Hall–Kier alpha value is -3.20. The summed E-state index contributed by atoms with van der Waals surface area (Å²) < 4.78 is 32.6. The summed E-state index contributed by atoms with van der Waals surface area (Å²) in [6.45, 7) is 5.83. The molecule has 0 aliphatic carbocycles. The van der Waals surface area contributed by atoms with Crippen LogP contribution in [0.25, 0.3) is 16.4 Å². The van der Waals surface area contributed by atoms with E-state index in [1.54, 1.807) is 30.2 Å². The maximum Gasteiger partial charge on any atom is 0.153 e. The van der Waals surface area contributed by atoms with E-state index in [-0.39, 0.29) is 5.82 Å². The van der Waals surface area contributed by atoms with Gasteiger partial charge in [0.2, 0.25) is 0 Å². The van der Waals surface area contributed by atoms with Crippen molar-refractivity contribution in [3.05, 3.63) is 48.4 Å². The summed E-state index contributed by atoms with van der Waals surface area (Å²) in [4.78, 5) is 2.16. The molecule has 0 amide bonds. The van der Waals surface area contributed by atoms with E-state index in [2.05, 4.69) is 39.6 Å². The zero-order chi connectivity index (χ0) is 21.0. The van der Waals surface area contributed by atoms with E-state index >= 15 is 4.39 Å². The highest BCUT2D eigenvalue weighted by Crippen LogP contribution is 2.30. The Morgan fingerprint density at radius 2 is 1.83 bits per heavy atom. The number of halogens is 2. The van der Waals surface area contributed by atoms with Crippen LogP contribution < -0.4 is 15.5 Å². The molecule has 0 bridgehead atoms. The van der Waals surface area contributed by atoms with Gasteiger partial charge >= 0.3 is 0 Å². The lowest BCUT2D eigenvalue weighted by Crippen LogP contribution is -2.54. The number of aryl methyl sites for hydroxylation is 1. The van der Waals surface area contributed by atoms with Crippen molar-refractivity contribution in [2.24, 2.45) is 7.05 Å². The Balaban J connectivity index is 1.49. The molecule has 9 heteroatoms. The Labute approximate surface area is 172 Å². The van der Waals surface area contributed by atoms with Crippen molar-refractivity contribution in [1.82, 2.24) is 24.7 Å². The van der Waals surface area contributed by atoms with E-state index in [1.807, 2.05) is 6.20 Å². The van der Waals surface area contributed by atoms with E-state index in [4.69, 9.17) is 0 Å². The molecule has 1 aliphatic heterocycles. The Kier molecular flexibility index (Phi) is 4.35. The number of pyridine rings is 1. The molecule has 1 fully saturated rings. The lowest BCUT2D eigenvalue weighted by Gasteiger charge is -2.37. The molecule has 1 saturated heterocycles. The molecule has 0 spiro atoms. The summed E-state index contributed by atoms with van der Waals surface area (Å²) in [6, 6.07) is 5.32. The first kappa shape index (κ1) is 18.8. The van der Waals surface area contributed by atoms with E-state index in [1.165, 1.54) is 16.6 Å². The van der Waals surface area contributed by atoms with Gasteiger partial charge in [-0.3, -0.25) is 4.68 Å². The number of benzene rings is 1. The van der Waals surface area contributed by atoms with E-state index in [0.29, 0.717) is 39.9 Å². The second-order valence-corrected chi connectivity index (χ2v) is 8.10. The molecule has 0 unspecified atom stereocenters. The standard InChI is InChI=1S/C21H23F2N7/c1-12-8-29(9-13(2)25-12)16-6-18(23)21-19(7-24-30(21)11-16)26-15-4-14-10-28(3)27-20(14)17(22)5-15/h4-7,10-13,25-26H,8-9H2,1-3H3/t12-,13+. The third-order valence-corrected chi connectivity index (χ3v) is 5.43. The molecular formula is C21H23F2N7. The minimum absolute atomic E-state index is 0.304. The van der Waals surface area contributed by atoms with Gasteiger partial charge in [0.05, 0.1) is 23.8 Å². The van der Waals surface area contributed by atoms with Crippen LogP contribution in [0.5, 0.6) is 0 Å². The molecule has 4 aromatic rings. The zero-order valence-electron chi connectivity index (χ0n) is 17.0. The monoisotopic (exact) mass is 411 g/mol. The second-order valence-electron chi connectivity index (χ2n) is 8.10. The highest BCUT2D eigenvalue weighted by molar-refractivity contribution is 5.86. The molecule has 2 atom stereocenters. The van der Waals surface area contributed by atoms with Gasteiger partial charge in [0.25, 0.3) is 0 Å². The average molecular weight is 411 g/mol. The maximum absolute atomic E-state index is 15.1. The van der Waals surface area contributed by atoms with Crippen LogP contribution >= 0.6 is 0 Å². The number of hydrogen-bond acceptors (Lipinski definition) is 5. The lowest BCUT2D eigenvalue weighted by atomic mass is 10.1. The molecule has 4 heterocycles. The van der Waals surface area contributed by atoms with Crippen molar-refractivity contribution in [3.63, 3.8) is 0 Å². The van der Waals surface area contributed by atoms with Gasteiger partial charge in [-0.2, -0.15) is 10.2 Å². The van der Waals surface area contributed by atoms with E-state index in [9.17, 15) is 4.39 Å². The molecule has 0 radical (unpaired) electrons. The van der Waals surface area contributed by atoms with Crippen LogP contribution in [0.1, 0.15) is 13.8 Å². The summed E-state index contributed by atoms with van der Waals surface area (Å²) in [5.74, 6) is -0.814. The number of nitrogens with one attached hydrogen (secondary N) is 2. The Morgan fingerprint density at radius 3 is 2.60 bits per heavy atom. The van der Waals surface area contributed by atoms with Gasteiger partial charge in [0.1, 0.15) is 11.0 Å². The second kappa shape index (κ2) is 6.94. The van der Waals surface area contributed by atoms with Crippen LogP contribution in [-0.4, -0.2) is 44.6 Å². The number of fused-ring (bicyclic) bond motifs is 2. The SMILES string of the molecule is C[C@@H]1CN(c2cc(F)c3c(Nc4cc(F)c5nn(C)cc5c4)cnn3c2)C[C@H](C)N1. The van der Waals surface area contributed by atoms with Crippen LogP contribution in [0.3, 0.4) is 0 Å². The van der Waals surface area contributed by atoms with Crippen molar-refractivity contribution >= 4 is 33.5 Å². The van der Waals surface area contributed by atoms with Gasteiger partial charge < -0.3 is 15.5 Å². The summed E-state index contributed by atoms with van der Waals surface area (Å²) >= 11 is 0. The summed E-state index contributed by atoms with van der Waals surface area (Å²) in [5, 5.41) is 15.7. The fourth-order valence-corrected chi connectivity index (χ4v) is 4.30. The molecule has 0 saturated carbocycles. The van der Waals surface area contributed by atoms with Crippen molar-refractivity contribution in [2.45, 2.75) is 25.9 Å².